The summed E-state index contributed by atoms with van der Waals surface area (Å²) in [5, 5.41) is 0.166. The van der Waals surface area contributed by atoms with Crippen LogP contribution in [0.4, 0.5) is 0 Å². The minimum absolute atomic E-state index is 0.166. The molecule has 0 spiro atoms. The van der Waals surface area contributed by atoms with Gasteiger partial charge in [-0.3, -0.25) is 4.57 Å². The van der Waals surface area contributed by atoms with E-state index in [-0.39, 0.29) is 5.28 Å². The summed E-state index contributed by atoms with van der Waals surface area (Å²) >= 11 is 6.01. The van der Waals surface area contributed by atoms with Gasteiger partial charge < -0.3 is 0 Å². The summed E-state index contributed by atoms with van der Waals surface area (Å²) in [7, 11) is 0. The Morgan fingerprint density at radius 3 is 2.70 bits per heavy atom. The Kier molecular flexibility index (Phi) is 3.20. The maximum absolute atomic E-state index is 6.01. The average molecular weight is 286 g/mol. The Bertz CT molecular complexity index is 752. The van der Waals surface area contributed by atoms with Gasteiger partial charge in [-0.2, -0.15) is 15.0 Å². The summed E-state index contributed by atoms with van der Waals surface area (Å²) in [5.74, 6) is 1.02. The van der Waals surface area contributed by atoms with Crippen LogP contribution in [0.3, 0.4) is 0 Å². The molecule has 2 aromatic heterocycles. The molecule has 0 aliphatic rings. The van der Waals surface area contributed by atoms with Gasteiger partial charge in [-0.15, -0.1) is 0 Å². The second-order valence-electron chi connectivity index (χ2n) is 4.45. The highest BCUT2D eigenvalue weighted by Gasteiger charge is 2.11. The first-order valence-electron chi connectivity index (χ1n) is 6.11. The summed E-state index contributed by atoms with van der Waals surface area (Å²) in [6.07, 6.45) is 5.05. The number of benzene rings is 1. The van der Waals surface area contributed by atoms with Crippen molar-refractivity contribution in [1.82, 2.24) is 24.5 Å². The minimum Gasteiger partial charge on any atom is -0.274 e. The zero-order valence-electron chi connectivity index (χ0n) is 11.1. The third-order valence-electron chi connectivity index (χ3n) is 3.18. The van der Waals surface area contributed by atoms with Crippen LogP contribution >= 0.6 is 11.6 Å². The van der Waals surface area contributed by atoms with Crippen molar-refractivity contribution in [3.05, 3.63) is 53.3 Å². The summed E-state index contributed by atoms with van der Waals surface area (Å²) in [4.78, 5) is 16.8. The Labute approximate surface area is 121 Å². The molecule has 0 fully saturated rings. The van der Waals surface area contributed by atoms with Gasteiger partial charge >= 0.3 is 0 Å². The molecule has 0 N–H and O–H groups in total. The molecule has 0 saturated carbocycles. The van der Waals surface area contributed by atoms with Gasteiger partial charge in [0.1, 0.15) is 6.33 Å². The lowest BCUT2D eigenvalue weighted by molar-refractivity contribution is 0.898. The minimum atomic E-state index is 0.166. The Balaban J connectivity index is 2.17. The van der Waals surface area contributed by atoms with E-state index in [1.54, 1.807) is 23.3 Å². The second-order valence-corrected chi connectivity index (χ2v) is 4.78. The molecule has 3 rings (SSSR count). The smallest absolute Gasteiger partial charge is 0.239 e. The molecule has 0 radical (unpaired) electrons. The van der Waals surface area contributed by atoms with Crippen LogP contribution in [0.1, 0.15) is 11.1 Å². The van der Waals surface area contributed by atoms with E-state index in [2.05, 4.69) is 32.9 Å². The highest BCUT2D eigenvalue weighted by Crippen LogP contribution is 2.23. The highest BCUT2D eigenvalue weighted by molar-refractivity contribution is 6.28. The first-order valence-corrected chi connectivity index (χ1v) is 6.49. The molecule has 100 valence electrons. The van der Waals surface area contributed by atoms with Crippen LogP contribution in [0.2, 0.25) is 5.28 Å². The fourth-order valence-corrected chi connectivity index (χ4v) is 2.10. The molecule has 6 heteroatoms. The number of imidazole rings is 1. The van der Waals surface area contributed by atoms with Crippen molar-refractivity contribution < 1.29 is 0 Å². The standard InChI is InChI=1S/C14H12ClN5/c1-9-4-3-5-11(10(9)2)12-17-13(15)19-14(18-12)20-7-6-16-8-20/h3-8H,1-2H3. The molecule has 0 atom stereocenters. The first-order chi connectivity index (χ1) is 9.65. The van der Waals surface area contributed by atoms with Crippen LogP contribution in [-0.4, -0.2) is 24.5 Å². The second kappa shape index (κ2) is 5.02. The van der Waals surface area contributed by atoms with E-state index in [0.717, 1.165) is 11.1 Å². The van der Waals surface area contributed by atoms with Crippen LogP contribution in [0.25, 0.3) is 17.3 Å². The van der Waals surface area contributed by atoms with Gasteiger partial charge in [0, 0.05) is 18.0 Å². The van der Waals surface area contributed by atoms with Crippen LogP contribution in [0, 0.1) is 13.8 Å². The quantitative estimate of drug-likeness (QED) is 0.726. The molecule has 0 aliphatic heterocycles. The summed E-state index contributed by atoms with van der Waals surface area (Å²) in [6, 6.07) is 6.01. The van der Waals surface area contributed by atoms with Gasteiger partial charge in [0.2, 0.25) is 11.2 Å². The van der Waals surface area contributed by atoms with E-state index < -0.39 is 0 Å². The molecule has 3 aromatic rings. The SMILES string of the molecule is Cc1cccc(-c2nc(Cl)nc(-n3ccnc3)n2)c1C. The molecular weight excluding hydrogens is 274 g/mol. The monoisotopic (exact) mass is 285 g/mol. The zero-order valence-corrected chi connectivity index (χ0v) is 11.8. The molecule has 20 heavy (non-hydrogen) atoms. The number of hydrogen-bond donors (Lipinski definition) is 0. The first kappa shape index (κ1) is 12.7. The van der Waals surface area contributed by atoms with E-state index in [1.807, 2.05) is 19.1 Å². The molecule has 0 saturated heterocycles. The lowest BCUT2D eigenvalue weighted by Gasteiger charge is -2.08. The van der Waals surface area contributed by atoms with E-state index in [4.69, 9.17) is 11.6 Å². The summed E-state index contributed by atoms with van der Waals surface area (Å²) < 4.78 is 1.70. The van der Waals surface area contributed by atoms with Crippen molar-refractivity contribution in [2.45, 2.75) is 13.8 Å². The van der Waals surface area contributed by atoms with Crippen LogP contribution in [0.15, 0.2) is 36.9 Å². The van der Waals surface area contributed by atoms with Crippen molar-refractivity contribution >= 4 is 11.6 Å². The Morgan fingerprint density at radius 1 is 1.10 bits per heavy atom. The molecule has 0 amide bonds. The molecular formula is C14H12ClN5. The van der Waals surface area contributed by atoms with Gasteiger partial charge in [0.05, 0.1) is 0 Å². The van der Waals surface area contributed by atoms with Gasteiger partial charge in [-0.25, -0.2) is 4.98 Å². The van der Waals surface area contributed by atoms with Crippen molar-refractivity contribution in [2.24, 2.45) is 0 Å². The average Bonchev–Trinajstić information content (AvgIpc) is 2.95. The molecule has 1 aromatic carbocycles. The summed E-state index contributed by atoms with van der Waals surface area (Å²) in [6.45, 7) is 4.09. The molecule has 0 unspecified atom stereocenters. The normalized spacial score (nSPS) is 10.8. The molecule has 2 heterocycles. The van der Waals surface area contributed by atoms with Crippen molar-refractivity contribution in [3.8, 4) is 17.3 Å². The highest BCUT2D eigenvalue weighted by atomic mass is 35.5. The third-order valence-corrected chi connectivity index (χ3v) is 3.35. The van der Waals surface area contributed by atoms with E-state index in [0.29, 0.717) is 11.8 Å². The van der Waals surface area contributed by atoms with Crippen LogP contribution in [0.5, 0.6) is 0 Å². The van der Waals surface area contributed by atoms with E-state index >= 15 is 0 Å². The summed E-state index contributed by atoms with van der Waals surface area (Å²) in [5.41, 5.74) is 3.27. The topological polar surface area (TPSA) is 56.5 Å². The van der Waals surface area contributed by atoms with Crippen LogP contribution < -0.4 is 0 Å². The number of aromatic nitrogens is 5. The maximum Gasteiger partial charge on any atom is 0.239 e. The molecule has 0 aliphatic carbocycles. The Morgan fingerprint density at radius 2 is 1.95 bits per heavy atom. The van der Waals surface area contributed by atoms with Crippen molar-refractivity contribution in [2.75, 3.05) is 0 Å². The number of nitrogens with zero attached hydrogens (tertiary/aromatic N) is 5. The van der Waals surface area contributed by atoms with Crippen molar-refractivity contribution in [1.29, 1.82) is 0 Å². The van der Waals surface area contributed by atoms with Gasteiger partial charge in [-0.05, 0) is 36.6 Å². The number of halogens is 1. The fourth-order valence-electron chi connectivity index (χ4n) is 1.95. The van der Waals surface area contributed by atoms with Gasteiger partial charge in [0.15, 0.2) is 5.82 Å². The lowest BCUT2D eigenvalue weighted by atomic mass is 10.0. The van der Waals surface area contributed by atoms with E-state index in [9.17, 15) is 0 Å². The molecule has 5 nitrogen and oxygen atoms in total. The third kappa shape index (κ3) is 2.28. The van der Waals surface area contributed by atoms with Crippen LogP contribution in [-0.2, 0) is 0 Å². The predicted octanol–water partition coefficient (Wildman–Crippen LogP) is 2.99. The maximum atomic E-state index is 6.01. The Hall–Kier alpha value is -2.27. The largest absolute Gasteiger partial charge is 0.274 e. The van der Waals surface area contributed by atoms with E-state index in [1.165, 1.54) is 5.56 Å². The van der Waals surface area contributed by atoms with Gasteiger partial charge in [-0.1, -0.05) is 18.2 Å². The predicted molar refractivity (Wildman–Crippen MR) is 76.9 cm³/mol. The molecule has 0 bridgehead atoms. The lowest BCUT2D eigenvalue weighted by Crippen LogP contribution is -2.03. The zero-order chi connectivity index (χ0) is 14.1. The number of rotatable bonds is 2. The number of hydrogen-bond acceptors (Lipinski definition) is 4. The van der Waals surface area contributed by atoms with Gasteiger partial charge in [0.25, 0.3) is 0 Å². The number of aryl methyl sites for hydroxylation is 1. The van der Waals surface area contributed by atoms with Crippen molar-refractivity contribution in [3.63, 3.8) is 0 Å². The fraction of sp³-hybridized carbons (Fsp3) is 0.143.